The number of imidazole rings is 1. The number of aromatic amines is 1. The Bertz CT molecular complexity index is 1020. The highest BCUT2D eigenvalue weighted by molar-refractivity contribution is 5.75. The maximum Gasteiger partial charge on any atom is 0.278 e. The van der Waals surface area contributed by atoms with Crippen molar-refractivity contribution in [1.82, 2.24) is 19.5 Å². The molecule has 5 nitrogen and oxygen atoms in total. The molecule has 4 rings (SSSR count). The van der Waals surface area contributed by atoms with Gasteiger partial charge in [-0.1, -0.05) is 42.5 Å². The summed E-state index contributed by atoms with van der Waals surface area (Å²) in [6.07, 6.45) is 3.55. The summed E-state index contributed by atoms with van der Waals surface area (Å²) in [6, 6.07) is 17.5. The fourth-order valence-electron chi connectivity index (χ4n) is 2.62. The van der Waals surface area contributed by atoms with E-state index in [0.29, 0.717) is 18.1 Å². The van der Waals surface area contributed by atoms with Crippen molar-refractivity contribution >= 4 is 11.0 Å². The molecule has 0 radical (unpaired) electrons. The van der Waals surface area contributed by atoms with Gasteiger partial charge in [-0.15, -0.1) is 0 Å². The van der Waals surface area contributed by atoms with Crippen LogP contribution in [0.3, 0.4) is 0 Å². The molecule has 112 valence electrons. The van der Waals surface area contributed by atoms with Gasteiger partial charge in [0, 0.05) is 18.9 Å². The number of para-hydroxylation sites is 2. The first-order valence-corrected chi connectivity index (χ1v) is 7.36. The molecule has 0 aliphatic carbocycles. The van der Waals surface area contributed by atoms with Gasteiger partial charge in [0.25, 0.3) is 5.56 Å². The van der Waals surface area contributed by atoms with Crippen LogP contribution in [0.15, 0.2) is 71.8 Å². The van der Waals surface area contributed by atoms with Crippen molar-refractivity contribution in [3.63, 3.8) is 0 Å². The highest BCUT2D eigenvalue weighted by Crippen LogP contribution is 2.15. The van der Waals surface area contributed by atoms with Gasteiger partial charge in [0.15, 0.2) is 11.5 Å². The van der Waals surface area contributed by atoms with E-state index in [-0.39, 0.29) is 5.56 Å². The molecule has 0 saturated carbocycles. The van der Waals surface area contributed by atoms with Crippen LogP contribution in [-0.4, -0.2) is 19.5 Å². The smallest absolute Gasteiger partial charge is 0.278 e. The number of nitrogens with zero attached hydrogens (tertiary/aromatic N) is 3. The minimum Gasteiger partial charge on any atom is -0.325 e. The number of rotatable bonds is 3. The van der Waals surface area contributed by atoms with Crippen molar-refractivity contribution in [2.75, 3.05) is 0 Å². The predicted octanol–water partition coefficient (Wildman–Crippen LogP) is 2.83. The quantitative estimate of drug-likeness (QED) is 0.633. The van der Waals surface area contributed by atoms with E-state index < -0.39 is 0 Å². The molecule has 0 unspecified atom stereocenters. The molecule has 5 heteroatoms. The van der Waals surface area contributed by atoms with Crippen LogP contribution in [0.2, 0.25) is 0 Å². The number of H-pyrrole nitrogens is 1. The number of aromatic nitrogens is 4. The second-order valence-corrected chi connectivity index (χ2v) is 5.30. The molecule has 0 spiro atoms. The highest BCUT2D eigenvalue weighted by atomic mass is 16.1. The van der Waals surface area contributed by atoms with Gasteiger partial charge in [-0.25, -0.2) is 9.97 Å². The molecular formula is C18H14N4O. The molecule has 0 aliphatic rings. The van der Waals surface area contributed by atoms with Crippen LogP contribution in [0.4, 0.5) is 0 Å². The van der Waals surface area contributed by atoms with Crippen LogP contribution in [-0.2, 0) is 6.54 Å². The topological polar surface area (TPSA) is 63.6 Å². The Hall–Kier alpha value is -3.21. The lowest BCUT2D eigenvalue weighted by Crippen LogP contribution is -2.14. The lowest BCUT2D eigenvalue weighted by molar-refractivity contribution is 0.802. The largest absolute Gasteiger partial charge is 0.325 e. The highest BCUT2D eigenvalue weighted by Gasteiger charge is 2.13. The number of benzene rings is 2. The van der Waals surface area contributed by atoms with Crippen molar-refractivity contribution in [2.45, 2.75) is 6.54 Å². The lowest BCUT2D eigenvalue weighted by atomic mass is 10.2. The molecule has 4 aromatic rings. The standard InChI is InChI=1S/C18H14N4O/c23-18-16(20-14-8-4-5-9-15(14)21-18)17-19-10-11-22(17)12-13-6-2-1-3-7-13/h1-11H,12H2,(H,21,23). The molecule has 0 fully saturated rings. The van der Waals surface area contributed by atoms with E-state index in [9.17, 15) is 4.79 Å². The molecule has 2 aromatic heterocycles. The van der Waals surface area contributed by atoms with Crippen LogP contribution in [0, 0.1) is 0 Å². The van der Waals surface area contributed by atoms with Crippen LogP contribution >= 0.6 is 0 Å². The summed E-state index contributed by atoms with van der Waals surface area (Å²) < 4.78 is 1.93. The number of hydrogen-bond acceptors (Lipinski definition) is 3. The maximum absolute atomic E-state index is 12.4. The van der Waals surface area contributed by atoms with Gasteiger partial charge in [0.2, 0.25) is 0 Å². The molecule has 2 heterocycles. The van der Waals surface area contributed by atoms with Crippen molar-refractivity contribution in [3.05, 3.63) is 82.9 Å². The Balaban J connectivity index is 1.81. The second-order valence-electron chi connectivity index (χ2n) is 5.30. The Labute approximate surface area is 132 Å². The summed E-state index contributed by atoms with van der Waals surface area (Å²) in [5.41, 5.74) is 2.72. The molecule has 0 amide bonds. The lowest BCUT2D eigenvalue weighted by Gasteiger charge is -2.07. The molecule has 0 atom stereocenters. The summed E-state index contributed by atoms with van der Waals surface area (Å²) in [5.74, 6) is 0.570. The first-order chi connectivity index (χ1) is 11.3. The average molecular weight is 302 g/mol. The summed E-state index contributed by atoms with van der Waals surface area (Å²) in [7, 11) is 0. The van der Waals surface area contributed by atoms with E-state index in [2.05, 4.69) is 15.0 Å². The van der Waals surface area contributed by atoms with Gasteiger partial charge in [0.05, 0.1) is 11.0 Å². The van der Waals surface area contributed by atoms with Crippen LogP contribution in [0.5, 0.6) is 0 Å². The maximum atomic E-state index is 12.4. The molecule has 23 heavy (non-hydrogen) atoms. The Kier molecular flexibility index (Phi) is 3.24. The van der Waals surface area contributed by atoms with Gasteiger partial charge in [-0.3, -0.25) is 4.79 Å². The van der Waals surface area contributed by atoms with E-state index in [1.165, 1.54) is 0 Å². The van der Waals surface area contributed by atoms with Crippen LogP contribution in [0.25, 0.3) is 22.6 Å². The SMILES string of the molecule is O=c1[nH]c2ccccc2nc1-c1nccn1Cc1ccccc1. The fourth-order valence-corrected chi connectivity index (χ4v) is 2.62. The minimum absolute atomic E-state index is 0.232. The number of hydrogen-bond donors (Lipinski definition) is 1. The first-order valence-electron chi connectivity index (χ1n) is 7.36. The molecule has 1 N–H and O–H groups in total. The number of fused-ring (bicyclic) bond motifs is 1. The van der Waals surface area contributed by atoms with Gasteiger partial charge < -0.3 is 9.55 Å². The van der Waals surface area contributed by atoms with Crippen molar-refractivity contribution in [1.29, 1.82) is 0 Å². The van der Waals surface area contributed by atoms with E-state index in [0.717, 1.165) is 16.6 Å². The Morgan fingerprint density at radius 1 is 1.00 bits per heavy atom. The Morgan fingerprint density at radius 2 is 1.78 bits per heavy atom. The second kappa shape index (κ2) is 5.53. The monoisotopic (exact) mass is 302 g/mol. The van der Waals surface area contributed by atoms with E-state index >= 15 is 0 Å². The van der Waals surface area contributed by atoms with Crippen LogP contribution < -0.4 is 5.56 Å². The normalized spacial score (nSPS) is 11.0. The summed E-state index contributed by atoms with van der Waals surface area (Å²) in [5, 5.41) is 0. The zero-order valence-electron chi connectivity index (χ0n) is 12.3. The van der Waals surface area contributed by atoms with E-state index in [1.54, 1.807) is 6.20 Å². The zero-order chi connectivity index (χ0) is 15.6. The van der Waals surface area contributed by atoms with Gasteiger partial charge in [-0.05, 0) is 17.7 Å². The fraction of sp³-hybridized carbons (Fsp3) is 0.0556. The number of nitrogens with one attached hydrogen (secondary N) is 1. The average Bonchev–Trinajstić information content (AvgIpc) is 3.03. The summed E-state index contributed by atoms with van der Waals surface area (Å²) in [4.78, 5) is 24.1. The molecule has 2 aromatic carbocycles. The molecule has 0 aliphatic heterocycles. The van der Waals surface area contributed by atoms with Crippen molar-refractivity contribution in [3.8, 4) is 11.5 Å². The first kappa shape index (κ1) is 13.5. The molecule has 0 bridgehead atoms. The van der Waals surface area contributed by atoms with Gasteiger partial charge >= 0.3 is 0 Å². The Morgan fingerprint density at radius 3 is 2.65 bits per heavy atom. The minimum atomic E-state index is -0.232. The van der Waals surface area contributed by atoms with Gasteiger partial charge in [-0.2, -0.15) is 0 Å². The zero-order valence-corrected chi connectivity index (χ0v) is 12.3. The van der Waals surface area contributed by atoms with Crippen molar-refractivity contribution in [2.24, 2.45) is 0 Å². The van der Waals surface area contributed by atoms with E-state index in [1.807, 2.05) is 65.4 Å². The third kappa shape index (κ3) is 2.53. The third-order valence-corrected chi connectivity index (χ3v) is 3.72. The van der Waals surface area contributed by atoms with E-state index in [4.69, 9.17) is 0 Å². The summed E-state index contributed by atoms with van der Waals surface area (Å²) >= 11 is 0. The van der Waals surface area contributed by atoms with Gasteiger partial charge in [0.1, 0.15) is 0 Å². The summed E-state index contributed by atoms with van der Waals surface area (Å²) in [6.45, 7) is 0.643. The van der Waals surface area contributed by atoms with Crippen molar-refractivity contribution < 1.29 is 0 Å². The van der Waals surface area contributed by atoms with Crippen LogP contribution in [0.1, 0.15) is 5.56 Å². The predicted molar refractivity (Wildman–Crippen MR) is 89.1 cm³/mol. The third-order valence-electron chi connectivity index (χ3n) is 3.72. The molecule has 0 saturated heterocycles. The molecular weight excluding hydrogens is 288 g/mol.